The minimum atomic E-state index is -0.0928. The molecular formula is C19H14ClN3O2. The fourth-order valence-electron chi connectivity index (χ4n) is 2.66. The molecule has 0 saturated heterocycles. The van der Waals surface area contributed by atoms with Crippen LogP contribution in [0.2, 0.25) is 5.02 Å². The number of hydrogen-bond acceptors (Lipinski definition) is 4. The van der Waals surface area contributed by atoms with Gasteiger partial charge in [0.15, 0.2) is 0 Å². The molecule has 4 rings (SSSR count). The van der Waals surface area contributed by atoms with Crippen molar-refractivity contribution in [3.05, 3.63) is 81.7 Å². The SMILES string of the molecule is Cc1ccc2ncn(Cc3coc(-c4ccc(Cl)cc4)n3)c(=O)c2c1. The molecule has 0 unspecified atom stereocenters. The molecule has 0 N–H and O–H groups in total. The van der Waals surface area contributed by atoms with E-state index in [2.05, 4.69) is 9.97 Å². The Labute approximate surface area is 148 Å². The van der Waals surface area contributed by atoms with Crippen LogP contribution in [0.15, 0.2) is 64.3 Å². The van der Waals surface area contributed by atoms with Gasteiger partial charge in [-0.15, -0.1) is 0 Å². The number of hydrogen-bond donors (Lipinski definition) is 0. The highest BCUT2D eigenvalue weighted by Crippen LogP contribution is 2.21. The van der Waals surface area contributed by atoms with Gasteiger partial charge in [-0.3, -0.25) is 9.36 Å². The zero-order chi connectivity index (χ0) is 17.4. The zero-order valence-corrected chi connectivity index (χ0v) is 14.2. The van der Waals surface area contributed by atoms with Crippen LogP contribution in [0, 0.1) is 6.92 Å². The van der Waals surface area contributed by atoms with Crippen LogP contribution >= 0.6 is 11.6 Å². The Kier molecular flexibility index (Phi) is 3.86. The van der Waals surface area contributed by atoms with Crippen LogP contribution in [-0.2, 0) is 6.54 Å². The van der Waals surface area contributed by atoms with Gasteiger partial charge in [0.05, 0.1) is 29.5 Å². The molecule has 0 aliphatic heterocycles. The van der Waals surface area contributed by atoms with E-state index in [1.165, 1.54) is 10.9 Å². The molecular weight excluding hydrogens is 338 g/mol. The number of fused-ring (bicyclic) bond motifs is 1. The Balaban J connectivity index is 1.67. The van der Waals surface area contributed by atoms with E-state index in [9.17, 15) is 4.79 Å². The molecule has 0 fully saturated rings. The first-order valence-electron chi connectivity index (χ1n) is 7.76. The number of benzene rings is 2. The zero-order valence-electron chi connectivity index (χ0n) is 13.4. The topological polar surface area (TPSA) is 60.9 Å². The summed E-state index contributed by atoms with van der Waals surface area (Å²) in [5, 5.41) is 1.25. The van der Waals surface area contributed by atoms with E-state index in [4.69, 9.17) is 16.0 Å². The van der Waals surface area contributed by atoms with E-state index in [-0.39, 0.29) is 5.56 Å². The summed E-state index contributed by atoms with van der Waals surface area (Å²) in [5.41, 5.74) is 3.10. The monoisotopic (exact) mass is 351 g/mol. The molecule has 25 heavy (non-hydrogen) atoms. The molecule has 0 aliphatic carbocycles. The second-order valence-corrected chi connectivity index (χ2v) is 6.29. The molecule has 0 bridgehead atoms. The number of aromatic nitrogens is 3. The van der Waals surface area contributed by atoms with E-state index < -0.39 is 0 Å². The van der Waals surface area contributed by atoms with E-state index in [1.807, 2.05) is 37.3 Å². The summed E-state index contributed by atoms with van der Waals surface area (Å²) < 4.78 is 7.05. The maximum absolute atomic E-state index is 12.6. The van der Waals surface area contributed by atoms with Gasteiger partial charge >= 0.3 is 0 Å². The lowest BCUT2D eigenvalue weighted by Gasteiger charge is -2.05. The summed E-state index contributed by atoms with van der Waals surface area (Å²) in [7, 11) is 0. The van der Waals surface area contributed by atoms with Gasteiger partial charge in [-0.05, 0) is 43.3 Å². The largest absolute Gasteiger partial charge is 0.444 e. The van der Waals surface area contributed by atoms with Gasteiger partial charge < -0.3 is 4.42 Å². The highest BCUT2D eigenvalue weighted by Gasteiger charge is 2.10. The predicted octanol–water partition coefficient (Wildman–Crippen LogP) is 4.06. The first-order chi connectivity index (χ1) is 12.1. The van der Waals surface area contributed by atoms with Crippen molar-refractivity contribution in [3.63, 3.8) is 0 Å². The second-order valence-electron chi connectivity index (χ2n) is 5.85. The molecule has 6 heteroatoms. The van der Waals surface area contributed by atoms with Crippen molar-refractivity contribution in [3.8, 4) is 11.5 Å². The van der Waals surface area contributed by atoms with Crippen LogP contribution in [0.5, 0.6) is 0 Å². The lowest BCUT2D eigenvalue weighted by molar-refractivity contribution is 0.571. The van der Waals surface area contributed by atoms with Crippen molar-refractivity contribution in [2.75, 3.05) is 0 Å². The van der Waals surface area contributed by atoms with E-state index in [0.717, 1.165) is 11.1 Å². The third-order valence-corrected chi connectivity index (χ3v) is 4.21. The van der Waals surface area contributed by atoms with E-state index in [0.29, 0.717) is 34.1 Å². The lowest BCUT2D eigenvalue weighted by atomic mass is 10.2. The van der Waals surface area contributed by atoms with Crippen LogP contribution in [-0.4, -0.2) is 14.5 Å². The minimum Gasteiger partial charge on any atom is -0.444 e. The second kappa shape index (κ2) is 6.18. The van der Waals surface area contributed by atoms with Crippen LogP contribution < -0.4 is 5.56 Å². The fourth-order valence-corrected chi connectivity index (χ4v) is 2.79. The van der Waals surface area contributed by atoms with Crippen LogP contribution in [0.25, 0.3) is 22.4 Å². The summed E-state index contributed by atoms with van der Waals surface area (Å²) in [6.45, 7) is 2.25. The Hall–Kier alpha value is -2.92. The van der Waals surface area contributed by atoms with Gasteiger partial charge in [0, 0.05) is 10.6 Å². The quantitative estimate of drug-likeness (QED) is 0.558. The van der Waals surface area contributed by atoms with Crippen LogP contribution in [0.1, 0.15) is 11.3 Å². The molecule has 2 aromatic heterocycles. The minimum absolute atomic E-state index is 0.0928. The molecule has 0 atom stereocenters. The van der Waals surface area contributed by atoms with Crippen molar-refractivity contribution in [2.24, 2.45) is 0 Å². The molecule has 2 aromatic carbocycles. The number of rotatable bonds is 3. The summed E-state index contributed by atoms with van der Waals surface area (Å²) in [4.78, 5) is 21.4. The van der Waals surface area contributed by atoms with Gasteiger partial charge in [-0.25, -0.2) is 9.97 Å². The highest BCUT2D eigenvalue weighted by atomic mass is 35.5. The molecule has 0 aliphatic rings. The average Bonchev–Trinajstić information content (AvgIpc) is 3.07. The van der Waals surface area contributed by atoms with E-state index in [1.54, 1.807) is 18.4 Å². The van der Waals surface area contributed by atoms with Crippen molar-refractivity contribution in [1.82, 2.24) is 14.5 Å². The van der Waals surface area contributed by atoms with Gasteiger partial charge in [0.2, 0.25) is 5.89 Å². The smallest absolute Gasteiger partial charge is 0.261 e. The molecule has 4 aromatic rings. The standard InChI is InChI=1S/C19H14ClN3O2/c1-12-2-7-17-16(8-12)19(24)23(11-21-17)9-15-10-25-18(22-15)13-3-5-14(20)6-4-13/h2-8,10-11H,9H2,1H3. The first kappa shape index (κ1) is 15.6. The highest BCUT2D eigenvalue weighted by molar-refractivity contribution is 6.30. The molecule has 124 valence electrons. The first-order valence-corrected chi connectivity index (χ1v) is 8.14. The molecule has 2 heterocycles. The van der Waals surface area contributed by atoms with Gasteiger partial charge in [-0.2, -0.15) is 0 Å². The van der Waals surface area contributed by atoms with Gasteiger partial charge in [0.25, 0.3) is 5.56 Å². The van der Waals surface area contributed by atoms with Crippen molar-refractivity contribution in [2.45, 2.75) is 13.5 Å². The normalized spacial score (nSPS) is 11.1. The van der Waals surface area contributed by atoms with Crippen LogP contribution in [0.4, 0.5) is 0 Å². The molecule has 0 amide bonds. The Morgan fingerprint density at radius 2 is 1.96 bits per heavy atom. The summed E-state index contributed by atoms with van der Waals surface area (Å²) in [6, 6.07) is 12.9. The molecule has 0 spiro atoms. The van der Waals surface area contributed by atoms with E-state index >= 15 is 0 Å². The predicted molar refractivity (Wildman–Crippen MR) is 96.8 cm³/mol. The van der Waals surface area contributed by atoms with Crippen molar-refractivity contribution < 1.29 is 4.42 Å². The Morgan fingerprint density at radius 3 is 2.76 bits per heavy atom. The molecule has 5 nitrogen and oxygen atoms in total. The number of oxazole rings is 1. The molecule has 0 radical (unpaired) electrons. The van der Waals surface area contributed by atoms with Crippen LogP contribution in [0.3, 0.4) is 0 Å². The van der Waals surface area contributed by atoms with Gasteiger partial charge in [0.1, 0.15) is 6.26 Å². The summed E-state index contributed by atoms with van der Waals surface area (Å²) in [6.07, 6.45) is 3.09. The average molecular weight is 352 g/mol. The Morgan fingerprint density at radius 1 is 1.16 bits per heavy atom. The lowest BCUT2D eigenvalue weighted by Crippen LogP contribution is -2.21. The number of aryl methyl sites for hydroxylation is 1. The van der Waals surface area contributed by atoms with Crippen molar-refractivity contribution in [1.29, 1.82) is 0 Å². The number of halogens is 1. The summed E-state index contributed by atoms with van der Waals surface area (Å²) in [5.74, 6) is 0.490. The third-order valence-electron chi connectivity index (χ3n) is 3.95. The maximum Gasteiger partial charge on any atom is 0.261 e. The van der Waals surface area contributed by atoms with Crippen molar-refractivity contribution >= 4 is 22.5 Å². The maximum atomic E-state index is 12.6. The molecule has 0 saturated carbocycles. The van der Waals surface area contributed by atoms with Gasteiger partial charge in [-0.1, -0.05) is 23.2 Å². The summed E-state index contributed by atoms with van der Waals surface area (Å²) >= 11 is 5.89. The Bertz CT molecular complexity index is 1110. The fraction of sp³-hybridized carbons (Fsp3) is 0.105. The number of nitrogens with zero attached hydrogens (tertiary/aromatic N) is 3. The third kappa shape index (κ3) is 3.06.